The number of hydrogen-bond donors (Lipinski definition) is 1. The van der Waals surface area contributed by atoms with E-state index >= 15 is 0 Å². The molecule has 4 heteroatoms. The van der Waals surface area contributed by atoms with E-state index in [1.807, 2.05) is 0 Å². The minimum absolute atomic E-state index is 0.115. The third-order valence-corrected chi connectivity index (χ3v) is 2.55. The fourth-order valence-electron chi connectivity index (χ4n) is 1.37. The Hall–Kier alpha value is -0.610. The Bertz CT molecular complexity index is 195. The molecule has 0 aliphatic heterocycles. The van der Waals surface area contributed by atoms with Crippen LogP contribution < -0.4 is 5.32 Å². The van der Waals surface area contributed by atoms with Gasteiger partial charge in [0.1, 0.15) is 6.61 Å². The van der Waals surface area contributed by atoms with Gasteiger partial charge in [-0.05, 0) is 25.3 Å². The highest BCUT2D eigenvalue weighted by molar-refractivity contribution is 5.69. The van der Waals surface area contributed by atoms with Gasteiger partial charge < -0.3 is 14.8 Å². The lowest BCUT2D eigenvalue weighted by Crippen LogP contribution is -2.22. The van der Waals surface area contributed by atoms with Gasteiger partial charge in [-0.2, -0.15) is 0 Å². The monoisotopic (exact) mass is 259 g/mol. The van der Waals surface area contributed by atoms with E-state index in [0.717, 1.165) is 31.8 Å². The van der Waals surface area contributed by atoms with E-state index in [0.29, 0.717) is 26.2 Å². The van der Waals surface area contributed by atoms with E-state index in [4.69, 9.17) is 9.47 Å². The second kappa shape index (κ2) is 12.8. The first-order valence-electron chi connectivity index (χ1n) is 7.10. The number of esters is 1. The fraction of sp³-hybridized carbons (Fsp3) is 0.929. The zero-order valence-corrected chi connectivity index (χ0v) is 12.2. The molecule has 0 bridgehead atoms. The third-order valence-electron chi connectivity index (χ3n) is 2.55. The summed E-state index contributed by atoms with van der Waals surface area (Å²) in [6.45, 7) is 9.91. The summed E-state index contributed by atoms with van der Waals surface area (Å²) in [4.78, 5) is 11.1. The Kier molecular flexibility index (Phi) is 12.4. The Labute approximate surface area is 111 Å². The van der Waals surface area contributed by atoms with Gasteiger partial charge >= 0.3 is 5.97 Å². The van der Waals surface area contributed by atoms with Crippen molar-refractivity contribution in [1.29, 1.82) is 0 Å². The van der Waals surface area contributed by atoms with Crippen molar-refractivity contribution >= 4 is 5.97 Å². The molecule has 0 unspecified atom stereocenters. The van der Waals surface area contributed by atoms with Crippen molar-refractivity contribution in [1.82, 2.24) is 5.32 Å². The zero-order chi connectivity index (χ0) is 13.6. The van der Waals surface area contributed by atoms with E-state index in [2.05, 4.69) is 26.1 Å². The summed E-state index contributed by atoms with van der Waals surface area (Å²) in [6, 6.07) is 0. The molecule has 0 aromatic heterocycles. The quantitative estimate of drug-likeness (QED) is 0.432. The van der Waals surface area contributed by atoms with Crippen LogP contribution in [0.4, 0.5) is 0 Å². The average molecular weight is 259 g/mol. The van der Waals surface area contributed by atoms with Crippen molar-refractivity contribution in [3.63, 3.8) is 0 Å². The maximum atomic E-state index is 11.1. The largest absolute Gasteiger partial charge is 0.463 e. The molecule has 0 rings (SSSR count). The van der Waals surface area contributed by atoms with Crippen LogP contribution in [0.5, 0.6) is 0 Å². The summed E-state index contributed by atoms with van der Waals surface area (Å²) in [6.07, 6.45) is 3.63. The summed E-state index contributed by atoms with van der Waals surface area (Å²) in [5.41, 5.74) is 0. The van der Waals surface area contributed by atoms with Crippen molar-refractivity contribution in [3.05, 3.63) is 0 Å². The van der Waals surface area contributed by atoms with Crippen LogP contribution in [0.2, 0.25) is 0 Å². The van der Waals surface area contributed by atoms with Gasteiger partial charge in [-0.3, -0.25) is 4.79 Å². The lowest BCUT2D eigenvalue weighted by atomic mass is 10.1. The molecule has 0 radical (unpaired) electrons. The van der Waals surface area contributed by atoms with Gasteiger partial charge in [0, 0.05) is 13.0 Å². The van der Waals surface area contributed by atoms with Gasteiger partial charge in [-0.1, -0.05) is 27.2 Å². The Morgan fingerprint density at radius 1 is 1.17 bits per heavy atom. The van der Waals surface area contributed by atoms with Crippen LogP contribution >= 0.6 is 0 Å². The van der Waals surface area contributed by atoms with Crippen LogP contribution in [0.15, 0.2) is 0 Å². The standard InChI is InChI=1S/C14H29NO3/c1-4-5-6-14(16)18-12-11-17-10-9-15-8-7-13(2)3/h13,15H,4-12H2,1-3H3. The van der Waals surface area contributed by atoms with Crippen LogP contribution in [0, 0.1) is 5.92 Å². The average Bonchev–Trinajstić information content (AvgIpc) is 2.34. The molecule has 0 aliphatic rings. The van der Waals surface area contributed by atoms with Crippen molar-refractivity contribution in [2.45, 2.75) is 46.5 Å². The van der Waals surface area contributed by atoms with Gasteiger partial charge in [-0.25, -0.2) is 0 Å². The molecule has 18 heavy (non-hydrogen) atoms. The molecule has 4 nitrogen and oxygen atoms in total. The van der Waals surface area contributed by atoms with Crippen LogP contribution in [-0.2, 0) is 14.3 Å². The Morgan fingerprint density at radius 2 is 1.94 bits per heavy atom. The maximum Gasteiger partial charge on any atom is 0.305 e. The predicted molar refractivity (Wildman–Crippen MR) is 73.6 cm³/mol. The molecule has 0 atom stereocenters. The predicted octanol–water partition coefficient (Wildman–Crippen LogP) is 2.37. The first-order valence-corrected chi connectivity index (χ1v) is 7.10. The SMILES string of the molecule is CCCCC(=O)OCCOCCNCCC(C)C. The molecule has 0 saturated heterocycles. The third kappa shape index (κ3) is 13.5. The second-order valence-electron chi connectivity index (χ2n) is 4.87. The molecule has 0 amide bonds. The van der Waals surface area contributed by atoms with Crippen molar-refractivity contribution in [3.8, 4) is 0 Å². The molecule has 0 heterocycles. The molecule has 1 N–H and O–H groups in total. The number of carbonyl (C=O) groups is 1. The van der Waals surface area contributed by atoms with Gasteiger partial charge in [0.25, 0.3) is 0 Å². The molecule has 0 fully saturated rings. The number of unbranched alkanes of at least 4 members (excludes halogenated alkanes) is 1. The minimum Gasteiger partial charge on any atom is -0.463 e. The maximum absolute atomic E-state index is 11.1. The van der Waals surface area contributed by atoms with E-state index < -0.39 is 0 Å². The lowest BCUT2D eigenvalue weighted by molar-refractivity contribution is -0.145. The van der Waals surface area contributed by atoms with E-state index in [9.17, 15) is 4.79 Å². The first kappa shape index (κ1) is 17.4. The highest BCUT2D eigenvalue weighted by atomic mass is 16.6. The summed E-state index contributed by atoms with van der Waals surface area (Å²) in [5, 5.41) is 3.31. The van der Waals surface area contributed by atoms with E-state index in [1.54, 1.807) is 0 Å². The molecule has 0 aromatic rings. The van der Waals surface area contributed by atoms with Crippen LogP contribution in [0.3, 0.4) is 0 Å². The topological polar surface area (TPSA) is 47.6 Å². The highest BCUT2D eigenvalue weighted by Gasteiger charge is 2.00. The summed E-state index contributed by atoms with van der Waals surface area (Å²) in [5.74, 6) is 0.622. The van der Waals surface area contributed by atoms with Crippen molar-refractivity contribution in [2.24, 2.45) is 5.92 Å². The molecule has 108 valence electrons. The van der Waals surface area contributed by atoms with E-state index in [-0.39, 0.29) is 5.97 Å². The zero-order valence-electron chi connectivity index (χ0n) is 12.2. The number of carbonyl (C=O) groups excluding carboxylic acids is 1. The fourth-order valence-corrected chi connectivity index (χ4v) is 1.37. The second-order valence-corrected chi connectivity index (χ2v) is 4.87. The normalized spacial score (nSPS) is 10.9. The molecule has 0 spiro atoms. The van der Waals surface area contributed by atoms with Gasteiger partial charge in [-0.15, -0.1) is 0 Å². The molecular weight excluding hydrogens is 230 g/mol. The molecule has 0 saturated carbocycles. The van der Waals surface area contributed by atoms with E-state index in [1.165, 1.54) is 6.42 Å². The van der Waals surface area contributed by atoms with Gasteiger partial charge in [0.2, 0.25) is 0 Å². The van der Waals surface area contributed by atoms with Crippen molar-refractivity contribution < 1.29 is 14.3 Å². The van der Waals surface area contributed by atoms with Crippen LogP contribution in [-0.4, -0.2) is 38.9 Å². The highest BCUT2D eigenvalue weighted by Crippen LogP contribution is 1.96. The summed E-state index contributed by atoms with van der Waals surface area (Å²) < 4.78 is 10.4. The summed E-state index contributed by atoms with van der Waals surface area (Å²) in [7, 11) is 0. The smallest absolute Gasteiger partial charge is 0.305 e. The number of hydrogen-bond acceptors (Lipinski definition) is 4. The lowest BCUT2D eigenvalue weighted by Gasteiger charge is -2.08. The van der Waals surface area contributed by atoms with Gasteiger partial charge in [0.05, 0.1) is 13.2 Å². The molecule has 0 aliphatic carbocycles. The first-order chi connectivity index (χ1) is 8.66. The summed E-state index contributed by atoms with van der Waals surface area (Å²) >= 11 is 0. The number of ether oxygens (including phenoxy) is 2. The van der Waals surface area contributed by atoms with Gasteiger partial charge in [0.15, 0.2) is 0 Å². The minimum atomic E-state index is -0.115. The van der Waals surface area contributed by atoms with Crippen molar-refractivity contribution in [2.75, 3.05) is 32.9 Å². The van der Waals surface area contributed by atoms with Crippen LogP contribution in [0.1, 0.15) is 46.5 Å². The Balaban J connectivity index is 3.09. The number of nitrogens with one attached hydrogen (secondary N) is 1. The Morgan fingerprint density at radius 3 is 2.61 bits per heavy atom. The molecular formula is C14H29NO3. The van der Waals surface area contributed by atoms with Crippen LogP contribution in [0.25, 0.3) is 0 Å². The number of rotatable bonds is 12. The molecule has 0 aromatic carbocycles.